The second-order valence-electron chi connectivity index (χ2n) is 5.37. The molecule has 7 heteroatoms. The van der Waals surface area contributed by atoms with Gasteiger partial charge in [-0.25, -0.2) is 4.98 Å². The van der Waals surface area contributed by atoms with Crippen molar-refractivity contribution in [3.05, 3.63) is 40.1 Å². The highest BCUT2D eigenvalue weighted by atomic mass is 79.9. The maximum Gasteiger partial charge on any atom is 0.252 e. The highest BCUT2D eigenvalue weighted by molar-refractivity contribution is 9.10. The van der Waals surface area contributed by atoms with Gasteiger partial charge in [0.1, 0.15) is 0 Å². The van der Waals surface area contributed by atoms with E-state index in [1.807, 2.05) is 11.6 Å². The number of pyridine rings is 1. The standard InChI is InChI=1S/C15H17BrN4OS/c16-13-6-12(8-17-9-13)14(21)19-7-11-2-1-4-20(10-11)15-18-3-5-22-15/h3,5-6,8-9,11H,1-2,4,7,10H2,(H,19,21). The molecule has 1 unspecified atom stereocenters. The molecular formula is C15H17BrN4OS. The Morgan fingerprint density at radius 3 is 3.18 bits per heavy atom. The van der Waals surface area contributed by atoms with Crippen molar-refractivity contribution in [2.24, 2.45) is 5.92 Å². The average Bonchev–Trinajstić information content (AvgIpc) is 3.07. The number of halogens is 1. The number of carbonyl (C=O) groups is 1. The Morgan fingerprint density at radius 1 is 1.50 bits per heavy atom. The highest BCUT2D eigenvalue weighted by Crippen LogP contribution is 2.24. The van der Waals surface area contributed by atoms with Crippen LogP contribution in [0.4, 0.5) is 5.13 Å². The van der Waals surface area contributed by atoms with Gasteiger partial charge in [0.05, 0.1) is 5.56 Å². The fourth-order valence-electron chi connectivity index (χ4n) is 2.65. The minimum absolute atomic E-state index is 0.0693. The predicted molar refractivity (Wildman–Crippen MR) is 91.3 cm³/mol. The third-order valence-corrected chi connectivity index (χ3v) is 4.99. The van der Waals surface area contributed by atoms with E-state index < -0.39 is 0 Å². The van der Waals surface area contributed by atoms with Crippen molar-refractivity contribution in [2.45, 2.75) is 12.8 Å². The van der Waals surface area contributed by atoms with E-state index >= 15 is 0 Å². The fourth-order valence-corrected chi connectivity index (χ4v) is 3.70. The monoisotopic (exact) mass is 380 g/mol. The normalized spacial score (nSPS) is 18.2. The van der Waals surface area contributed by atoms with Gasteiger partial charge in [0.15, 0.2) is 5.13 Å². The smallest absolute Gasteiger partial charge is 0.252 e. The van der Waals surface area contributed by atoms with Crippen LogP contribution in [0.15, 0.2) is 34.5 Å². The molecule has 2 aromatic heterocycles. The van der Waals surface area contributed by atoms with Gasteiger partial charge in [0, 0.05) is 48.1 Å². The molecule has 0 saturated carbocycles. The quantitative estimate of drug-likeness (QED) is 0.885. The molecule has 2 aromatic rings. The maximum atomic E-state index is 12.2. The van der Waals surface area contributed by atoms with Crippen molar-refractivity contribution < 1.29 is 4.79 Å². The van der Waals surface area contributed by atoms with E-state index in [0.717, 1.165) is 35.5 Å². The van der Waals surface area contributed by atoms with Gasteiger partial charge in [-0.1, -0.05) is 0 Å². The van der Waals surface area contributed by atoms with Crippen LogP contribution >= 0.6 is 27.3 Å². The van der Waals surface area contributed by atoms with Crippen LogP contribution < -0.4 is 10.2 Å². The summed E-state index contributed by atoms with van der Waals surface area (Å²) >= 11 is 5.00. The van der Waals surface area contributed by atoms with Gasteiger partial charge in [0.25, 0.3) is 5.91 Å². The first-order chi connectivity index (χ1) is 10.7. The van der Waals surface area contributed by atoms with Crippen LogP contribution in [0.5, 0.6) is 0 Å². The van der Waals surface area contributed by atoms with E-state index in [1.54, 1.807) is 29.8 Å². The Labute approximate surface area is 141 Å². The Hall–Kier alpha value is -1.47. The summed E-state index contributed by atoms with van der Waals surface area (Å²) in [5.74, 6) is 0.391. The first-order valence-corrected chi connectivity index (χ1v) is 8.93. The Balaban J connectivity index is 1.54. The number of aromatic nitrogens is 2. The van der Waals surface area contributed by atoms with Crippen LogP contribution in [0.1, 0.15) is 23.2 Å². The molecule has 0 bridgehead atoms. The molecule has 3 rings (SSSR count). The zero-order valence-corrected chi connectivity index (χ0v) is 14.4. The third kappa shape index (κ3) is 3.84. The molecule has 22 heavy (non-hydrogen) atoms. The summed E-state index contributed by atoms with van der Waals surface area (Å²) in [5.41, 5.74) is 0.585. The molecule has 1 N–H and O–H groups in total. The van der Waals surface area contributed by atoms with Crippen LogP contribution in [0, 0.1) is 5.92 Å². The van der Waals surface area contributed by atoms with Crippen molar-refractivity contribution in [1.29, 1.82) is 0 Å². The lowest BCUT2D eigenvalue weighted by molar-refractivity contribution is 0.0945. The summed E-state index contributed by atoms with van der Waals surface area (Å²) in [6, 6.07) is 1.78. The number of hydrogen-bond acceptors (Lipinski definition) is 5. The Kier molecular flexibility index (Phi) is 5.04. The van der Waals surface area contributed by atoms with Crippen molar-refractivity contribution in [3.63, 3.8) is 0 Å². The van der Waals surface area contributed by atoms with Gasteiger partial charge in [-0.15, -0.1) is 11.3 Å². The Bertz CT molecular complexity index is 634. The summed E-state index contributed by atoms with van der Waals surface area (Å²) in [4.78, 5) is 22.9. The number of piperidine rings is 1. The summed E-state index contributed by atoms with van der Waals surface area (Å²) in [6.07, 6.45) is 7.37. The van der Waals surface area contributed by atoms with E-state index in [0.29, 0.717) is 18.0 Å². The minimum atomic E-state index is -0.0693. The SMILES string of the molecule is O=C(NCC1CCCN(c2nccs2)C1)c1cncc(Br)c1. The van der Waals surface area contributed by atoms with E-state index in [1.165, 1.54) is 0 Å². The molecular weight excluding hydrogens is 364 g/mol. The summed E-state index contributed by atoms with van der Waals surface area (Å²) in [7, 11) is 0. The number of nitrogens with one attached hydrogen (secondary N) is 1. The van der Waals surface area contributed by atoms with Gasteiger partial charge in [-0.05, 0) is 40.8 Å². The number of amides is 1. The molecule has 0 aliphatic carbocycles. The van der Waals surface area contributed by atoms with Crippen molar-refractivity contribution in [2.75, 3.05) is 24.5 Å². The van der Waals surface area contributed by atoms with E-state index in [9.17, 15) is 4.79 Å². The lowest BCUT2D eigenvalue weighted by Gasteiger charge is -2.32. The van der Waals surface area contributed by atoms with Crippen LogP contribution in [0.3, 0.4) is 0 Å². The molecule has 0 aromatic carbocycles. The number of nitrogens with zero attached hydrogens (tertiary/aromatic N) is 3. The van der Waals surface area contributed by atoms with Gasteiger partial charge >= 0.3 is 0 Å². The molecule has 3 heterocycles. The van der Waals surface area contributed by atoms with Crippen LogP contribution in [0.25, 0.3) is 0 Å². The molecule has 1 atom stereocenters. The van der Waals surface area contributed by atoms with E-state index in [4.69, 9.17) is 0 Å². The topological polar surface area (TPSA) is 58.1 Å². The first-order valence-electron chi connectivity index (χ1n) is 7.25. The zero-order chi connectivity index (χ0) is 15.4. The number of rotatable bonds is 4. The van der Waals surface area contributed by atoms with E-state index in [2.05, 4.69) is 36.1 Å². The summed E-state index contributed by atoms with van der Waals surface area (Å²) in [5, 5.41) is 6.10. The summed E-state index contributed by atoms with van der Waals surface area (Å²) in [6.45, 7) is 2.69. The molecule has 116 valence electrons. The average molecular weight is 381 g/mol. The summed E-state index contributed by atoms with van der Waals surface area (Å²) < 4.78 is 0.813. The molecule has 0 radical (unpaired) electrons. The van der Waals surface area contributed by atoms with Crippen molar-refractivity contribution in [1.82, 2.24) is 15.3 Å². The van der Waals surface area contributed by atoms with E-state index in [-0.39, 0.29) is 5.91 Å². The second-order valence-corrected chi connectivity index (χ2v) is 7.16. The molecule has 5 nitrogen and oxygen atoms in total. The Morgan fingerprint density at radius 2 is 2.41 bits per heavy atom. The fraction of sp³-hybridized carbons (Fsp3) is 0.400. The van der Waals surface area contributed by atoms with Gasteiger partial charge < -0.3 is 10.2 Å². The third-order valence-electron chi connectivity index (χ3n) is 3.73. The molecule has 1 fully saturated rings. The first kappa shape index (κ1) is 15.4. The predicted octanol–water partition coefficient (Wildman–Crippen LogP) is 2.95. The number of thiazole rings is 1. The molecule has 1 aliphatic heterocycles. The van der Waals surface area contributed by atoms with Gasteiger partial charge in [-0.3, -0.25) is 9.78 Å². The lowest BCUT2D eigenvalue weighted by atomic mass is 9.98. The molecule has 1 amide bonds. The van der Waals surface area contributed by atoms with Crippen LogP contribution in [-0.4, -0.2) is 35.5 Å². The molecule has 1 aliphatic rings. The van der Waals surface area contributed by atoms with Crippen LogP contribution in [0.2, 0.25) is 0 Å². The highest BCUT2D eigenvalue weighted by Gasteiger charge is 2.22. The molecule has 1 saturated heterocycles. The van der Waals surface area contributed by atoms with Gasteiger partial charge in [0.2, 0.25) is 0 Å². The van der Waals surface area contributed by atoms with Gasteiger partial charge in [-0.2, -0.15) is 0 Å². The molecule has 0 spiro atoms. The maximum absolute atomic E-state index is 12.2. The number of hydrogen-bond donors (Lipinski definition) is 1. The van der Waals surface area contributed by atoms with Crippen LogP contribution in [-0.2, 0) is 0 Å². The zero-order valence-electron chi connectivity index (χ0n) is 12.0. The van der Waals surface area contributed by atoms with Crippen molar-refractivity contribution >= 4 is 38.3 Å². The lowest BCUT2D eigenvalue weighted by Crippen LogP contribution is -2.41. The van der Waals surface area contributed by atoms with Crippen molar-refractivity contribution in [3.8, 4) is 0 Å². The number of anilines is 1. The largest absolute Gasteiger partial charge is 0.352 e. The number of carbonyl (C=O) groups excluding carboxylic acids is 1. The second kappa shape index (κ2) is 7.19. The minimum Gasteiger partial charge on any atom is -0.352 e.